The van der Waals surface area contributed by atoms with Gasteiger partial charge in [-0.2, -0.15) is 0 Å². The van der Waals surface area contributed by atoms with Crippen molar-refractivity contribution in [1.29, 1.82) is 0 Å². The molecule has 17 heavy (non-hydrogen) atoms. The van der Waals surface area contributed by atoms with Gasteiger partial charge in [-0.3, -0.25) is 4.79 Å². The summed E-state index contributed by atoms with van der Waals surface area (Å²) in [5, 5.41) is 12.3. The molecule has 0 radical (unpaired) electrons. The van der Waals surface area contributed by atoms with Crippen molar-refractivity contribution in [2.75, 3.05) is 5.32 Å². The van der Waals surface area contributed by atoms with Gasteiger partial charge in [-0.15, -0.1) is 0 Å². The lowest BCUT2D eigenvalue weighted by Gasteiger charge is -2.12. The molecular weight excluding hydrogens is 216 g/mol. The minimum atomic E-state index is -0.103. The highest BCUT2D eigenvalue weighted by molar-refractivity contribution is 5.92. The third-order valence-electron chi connectivity index (χ3n) is 2.79. The number of aromatic hydroxyl groups is 1. The molecule has 0 aliphatic rings. The topological polar surface area (TPSA) is 75.4 Å². The quantitative estimate of drug-likeness (QED) is 0.700. The second-order valence-corrected chi connectivity index (χ2v) is 4.37. The number of benzene rings is 1. The van der Waals surface area contributed by atoms with Gasteiger partial charge >= 0.3 is 0 Å². The molecule has 0 saturated carbocycles. The predicted octanol–water partition coefficient (Wildman–Crippen LogP) is 2.07. The summed E-state index contributed by atoms with van der Waals surface area (Å²) in [4.78, 5) is 11.7. The summed E-state index contributed by atoms with van der Waals surface area (Å²) in [6.07, 6.45) is 1.09. The van der Waals surface area contributed by atoms with Crippen molar-refractivity contribution in [1.82, 2.24) is 0 Å². The van der Waals surface area contributed by atoms with Gasteiger partial charge in [0.25, 0.3) is 0 Å². The van der Waals surface area contributed by atoms with Crippen LogP contribution in [0.5, 0.6) is 5.75 Å². The molecule has 1 atom stereocenters. The molecule has 4 heteroatoms. The maximum absolute atomic E-state index is 11.7. The fourth-order valence-electron chi connectivity index (χ4n) is 1.52. The number of phenolic OH excluding ortho intramolecular Hbond substituents is 1. The van der Waals surface area contributed by atoms with Crippen molar-refractivity contribution in [3.05, 3.63) is 23.3 Å². The first-order valence-corrected chi connectivity index (χ1v) is 5.79. The Balaban J connectivity index is 2.75. The summed E-state index contributed by atoms with van der Waals surface area (Å²) in [7, 11) is 0. The Morgan fingerprint density at radius 2 is 2.06 bits per heavy atom. The molecule has 0 bridgehead atoms. The van der Waals surface area contributed by atoms with E-state index in [1.54, 1.807) is 19.1 Å². The van der Waals surface area contributed by atoms with E-state index in [-0.39, 0.29) is 17.7 Å². The van der Waals surface area contributed by atoms with Crippen molar-refractivity contribution in [3.63, 3.8) is 0 Å². The van der Waals surface area contributed by atoms with E-state index >= 15 is 0 Å². The maximum Gasteiger partial charge on any atom is 0.225 e. The zero-order valence-electron chi connectivity index (χ0n) is 10.6. The third-order valence-corrected chi connectivity index (χ3v) is 2.79. The lowest BCUT2D eigenvalue weighted by molar-refractivity contribution is -0.116. The van der Waals surface area contributed by atoms with Crippen LogP contribution < -0.4 is 11.1 Å². The van der Waals surface area contributed by atoms with E-state index in [1.165, 1.54) is 0 Å². The minimum absolute atomic E-state index is 0.0902. The first kappa shape index (κ1) is 13.5. The van der Waals surface area contributed by atoms with E-state index in [0.717, 1.165) is 23.2 Å². The van der Waals surface area contributed by atoms with Gasteiger partial charge in [0, 0.05) is 18.2 Å². The molecule has 4 N–H and O–H groups in total. The molecule has 0 saturated heterocycles. The second-order valence-electron chi connectivity index (χ2n) is 4.37. The van der Waals surface area contributed by atoms with E-state index in [9.17, 15) is 9.90 Å². The van der Waals surface area contributed by atoms with Gasteiger partial charge in [-0.1, -0.05) is 6.92 Å². The van der Waals surface area contributed by atoms with Crippen molar-refractivity contribution < 1.29 is 9.90 Å². The van der Waals surface area contributed by atoms with E-state index < -0.39 is 0 Å². The van der Waals surface area contributed by atoms with Crippen LogP contribution in [0.15, 0.2) is 12.1 Å². The number of nitrogens with one attached hydrogen (secondary N) is 1. The lowest BCUT2D eigenvalue weighted by atomic mass is 10.1. The average Bonchev–Trinajstić information content (AvgIpc) is 2.25. The van der Waals surface area contributed by atoms with Crippen LogP contribution in [0.1, 0.15) is 30.9 Å². The predicted molar refractivity (Wildman–Crippen MR) is 69.1 cm³/mol. The van der Waals surface area contributed by atoms with E-state index in [4.69, 9.17) is 5.73 Å². The van der Waals surface area contributed by atoms with Crippen LogP contribution in [-0.2, 0) is 4.79 Å². The standard InChI is InChI=1S/C13H20N2O2/c1-4-10(14)7-13(17)15-11-5-9(3)12(16)6-8(11)2/h5-6,10,16H,4,7,14H2,1-3H3,(H,15,17). The molecule has 1 amide bonds. The zero-order valence-corrected chi connectivity index (χ0v) is 10.6. The normalized spacial score (nSPS) is 12.2. The Morgan fingerprint density at radius 1 is 1.41 bits per heavy atom. The van der Waals surface area contributed by atoms with Crippen LogP contribution in [0.2, 0.25) is 0 Å². The molecule has 0 spiro atoms. The molecule has 0 aromatic heterocycles. The molecule has 0 fully saturated rings. The van der Waals surface area contributed by atoms with Crippen molar-refractivity contribution >= 4 is 11.6 Å². The first-order chi connectivity index (χ1) is 7.93. The molecule has 1 unspecified atom stereocenters. The first-order valence-electron chi connectivity index (χ1n) is 5.79. The van der Waals surface area contributed by atoms with Gasteiger partial charge in [-0.05, 0) is 43.5 Å². The molecule has 0 heterocycles. The smallest absolute Gasteiger partial charge is 0.225 e. The molecular formula is C13H20N2O2. The summed E-state index contributed by atoms with van der Waals surface area (Å²) < 4.78 is 0. The van der Waals surface area contributed by atoms with Gasteiger partial charge in [0.05, 0.1) is 0 Å². The molecule has 1 rings (SSSR count). The average molecular weight is 236 g/mol. The van der Waals surface area contributed by atoms with Gasteiger partial charge in [0.1, 0.15) is 5.75 Å². The molecule has 1 aromatic carbocycles. The molecule has 0 aliphatic heterocycles. The fourth-order valence-corrected chi connectivity index (χ4v) is 1.52. The van der Waals surface area contributed by atoms with Crippen LogP contribution in [0.3, 0.4) is 0 Å². The molecule has 1 aromatic rings. The van der Waals surface area contributed by atoms with Crippen LogP contribution in [0.25, 0.3) is 0 Å². The van der Waals surface area contributed by atoms with Crippen LogP contribution in [-0.4, -0.2) is 17.1 Å². The van der Waals surface area contributed by atoms with Crippen LogP contribution in [0.4, 0.5) is 5.69 Å². The summed E-state index contributed by atoms with van der Waals surface area (Å²) in [5.74, 6) is 0.151. The molecule has 4 nitrogen and oxygen atoms in total. The number of phenols is 1. The van der Waals surface area contributed by atoms with E-state index in [0.29, 0.717) is 6.42 Å². The van der Waals surface area contributed by atoms with Gasteiger partial charge in [0.15, 0.2) is 0 Å². The minimum Gasteiger partial charge on any atom is -0.508 e. The monoisotopic (exact) mass is 236 g/mol. The van der Waals surface area contributed by atoms with Crippen LogP contribution in [0, 0.1) is 13.8 Å². The van der Waals surface area contributed by atoms with Gasteiger partial charge in [0.2, 0.25) is 5.91 Å². The number of hydrogen-bond acceptors (Lipinski definition) is 3. The summed E-state index contributed by atoms with van der Waals surface area (Å²) >= 11 is 0. The summed E-state index contributed by atoms with van der Waals surface area (Å²) in [6, 6.07) is 3.30. The van der Waals surface area contributed by atoms with Crippen molar-refractivity contribution in [3.8, 4) is 5.75 Å². The number of amides is 1. The number of aryl methyl sites for hydroxylation is 2. The Hall–Kier alpha value is -1.55. The van der Waals surface area contributed by atoms with E-state index in [1.807, 2.05) is 13.8 Å². The maximum atomic E-state index is 11.7. The number of nitrogens with two attached hydrogens (primary N) is 1. The van der Waals surface area contributed by atoms with Gasteiger partial charge < -0.3 is 16.2 Å². The highest BCUT2D eigenvalue weighted by atomic mass is 16.3. The molecule has 0 aliphatic carbocycles. The Bertz CT molecular complexity index is 416. The lowest BCUT2D eigenvalue weighted by Crippen LogP contribution is -2.26. The fraction of sp³-hybridized carbons (Fsp3) is 0.462. The number of rotatable bonds is 4. The largest absolute Gasteiger partial charge is 0.508 e. The van der Waals surface area contributed by atoms with E-state index in [2.05, 4.69) is 5.32 Å². The van der Waals surface area contributed by atoms with Gasteiger partial charge in [-0.25, -0.2) is 0 Å². The summed E-state index contributed by atoms with van der Waals surface area (Å²) in [6.45, 7) is 5.59. The Morgan fingerprint density at radius 3 is 2.65 bits per heavy atom. The number of anilines is 1. The highest BCUT2D eigenvalue weighted by Gasteiger charge is 2.10. The second kappa shape index (κ2) is 5.68. The summed E-state index contributed by atoms with van der Waals surface area (Å²) in [5.41, 5.74) is 8.03. The molecule has 94 valence electrons. The SMILES string of the molecule is CCC(N)CC(=O)Nc1cc(C)c(O)cc1C. The number of hydrogen-bond donors (Lipinski definition) is 3. The number of carbonyl (C=O) groups is 1. The Labute approximate surface area is 102 Å². The van der Waals surface area contributed by atoms with Crippen LogP contribution >= 0.6 is 0 Å². The zero-order chi connectivity index (χ0) is 13.0. The number of carbonyl (C=O) groups excluding carboxylic acids is 1. The highest BCUT2D eigenvalue weighted by Crippen LogP contribution is 2.25. The van der Waals surface area contributed by atoms with Crippen molar-refractivity contribution in [2.24, 2.45) is 5.73 Å². The third kappa shape index (κ3) is 3.75. The van der Waals surface area contributed by atoms with Crippen molar-refractivity contribution in [2.45, 2.75) is 39.7 Å². The Kier molecular flexibility index (Phi) is 4.52.